The highest BCUT2D eigenvalue weighted by atomic mass is 32.2. The minimum absolute atomic E-state index is 0.175. The second kappa shape index (κ2) is 10.0. The molecule has 0 saturated heterocycles. The molecule has 0 aliphatic heterocycles. The zero-order valence-electron chi connectivity index (χ0n) is 18.5. The number of anilines is 1. The summed E-state index contributed by atoms with van der Waals surface area (Å²) < 4.78 is 34.0. The highest BCUT2D eigenvalue weighted by Crippen LogP contribution is 2.26. The standard InChI is InChI=1S/C25H27N3O4S/c1-2-15-26-25(29)20-8-14-24(27-17-20)32-22-11-9-21(10-12-22)28-33(30,31)23-13-7-18-5-3-4-6-19(18)16-23/h7-14,16-17,28H,2-6,15H2,1H3,(H,26,29). The van der Waals surface area contributed by atoms with Gasteiger partial charge in [0.15, 0.2) is 0 Å². The molecule has 1 aliphatic rings. The number of pyridine rings is 1. The molecule has 0 radical (unpaired) electrons. The Morgan fingerprint density at radius 3 is 2.45 bits per heavy atom. The van der Waals surface area contributed by atoms with Crippen LogP contribution in [-0.4, -0.2) is 25.9 Å². The Labute approximate surface area is 194 Å². The molecule has 172 valence electrons. The predicted octanol–water partition coefficient (Wildman–Crippen LogP) is 4.69. The summed E-state index contributed by atoms with van der Waals surface area (Å²) in [6.07, 6.45) is 6.49. The number of sulfonamides is 1. The molecule has 0 fully saturated rings. The van der Waals surface area contributed by atoms with Crippen molar-refractivity contribution in [3.8, 4) is 11.6 Å². The van der Waals surface area contributed by atoms with Crippen LogP contribution >= 0.6 is 0 Å². The van der Waals surface area contributed by atoms with Crippen molar-refractivity contribution in [1.29, 1.82) is 0 Å². The molecule has 1 aromatic heterocycles. The number of hydrogen-bond donors (Lipinski definition) is 2. The third-order valence-electron chi connectivity index (χ3n) is 5.49. The molecule has 1 aliphatic carbocycles. The largest absolute Gasteiger partial charge is 0.439 e. The van der Waals surface area contributed by atoms with Crippen LogP contribution in [0.5, 0.6) is 11.6 Å². The number of aromatic nitrogens is 1. The first kappa shape index (κ1) is 22.8. The summed E-state index contributed by atoms with van der Waals surface area (Å²) in [7, 11) is -3.68. The Morgan fingerprint density at radius 1 is 1.00 bits per heavy atom. The van der Waals surface area contributed by atoms with Gasteiger partial charge in [0.05, 0.1) is 10.5 Å². The fourth-order valence-electron chi connectivity index (χ4n) is 3.72. The summed E-state index contributed by atoms with van der Waals surface area (Å²) >= 11 is 0. The minimum Gasteiger partial charge on any atom is -0.439 e. The third-order valence-corrected chi connectivity index (χ3v) is 6.87. The molecule has 0 spiro atoms. The highest BCUT2D eigenvalue weighted by molar-refractivity contribution is 7.92. The van der Waals surface area contributed by atoms with E-state index in [2.05, 4.69) is 15.0 Å². The highest BCUT2D eigenvalue weighted by Gasteiger charge is 2.18. The summed E-state index contributed by atoms with van der Waals surface area (Å²) in [4.78, 5) is 16.4. The van der Waals surface area contributed by atoms with E-state index in [-0.39, 0.29) is 10.8 Å². The number of benzene rings is 2. The summed E-state index contributed by atoms with van der Waals surface area (Å²) in [5.41, 5.74) is 3.26. The SMILES string of the molecule is CCCNC(=O)c1ccc(Oc2ccc(NS(=O)(=O)c3ccc4c(c3)CCCC4)cc2)nc1. The number of amides is 1. The second-order valence-electron chi connectivity index (χ2n) is 8.01. The van der Waals surface area contributed by atoms with Gasteiger partial charge in [-0.05, 0) is 85.7 Å². The van der Waals surface area contributed by atoms with Gasteiger partial charge in [0.25, 0.3) is 15.9 Å². The second-order valence-corrected chi connectivity index (χ2v) is 9.69. The zero-order chi connectivity index (χ0) is 23.3. The molecule has 4 rings (SSSR count). The molecular weight excluding hydrogens is 438 g/mol. The molecule has 1 amide bonds. The lowest BCUT2D eigenvalue weighted by Gasteiger charge is -2.17. The van der Waals surface area contributed by atoms with Gasteiger partial charge >= 0.3 is 0 Å². The maximum atomic E-state index is 12.8. The molecule has 0 saturated carbocycles. The van der Waals surface area contributed by atoms with Gasteiger partial charge in [0, 0.05) is 24.5 Å². The van der Waals surface area contributed by atoms with E-state index in [0.717, 1.165) is 37.7 Å². The molecule has 0 atom stereocenters. The van der Waals surface area contributed by atoms with Crippen molar-refractivity contribution in [2.24, 2.45) is 0 Å². The molecule has 0 bridgehead atoms. The molecule has 33 heavy (non-hydrogen) atoms. The van der Waals surface area contributed by atoms with Crippen LogP contribution in [-0.2, 0) is 22.9 Å². The van der Waals surface area contributed by atoms with Gasteiger partial charge in [-0.15, -0.1) is 0 Å². The first-order valence-electron chi connectivity index (χ1n) is 11.1. The normalized spacial score (nSPS) is 13.1. The Bertz CT molecular complexity index is 1220. The average molecular weight is 466 g/mol. The molecule has 2 N–H and O–H groups in total. The van der Waals surface area contributed by atoms with Crippen molar-refractivity contribution in [1.82, 2.24) is 10.3 Å². The Balaban J connectivity index is 1.39. The van der Waals surface area contributed by atoms with Crippen LogP contribution < -0.4 is 14.8 Å². The van der Waals surface area contributed by atoms with E-state index in [1.165, 1.54) is 11.8 Å². The number of hydrogen-bond acceptors (Lipinski definition) is 5. The van der Waals surface area contributed by atoms with E-state index in [1.807, 2.05) is 13.0 Å². The maximum Gasteiger partial charge on any atom is 0.261 e. The Kier molecular flexibility index (Phi) is 6.93. The molecule has 1 heterocycles. The van der Waals surface area contributed by atoms with Crippen molar-refractivity contribution >= 4 is 21.6 Å². The quantitative estimate of drug-likeness (QED) is 0.503. The van der Waals surface area contributed by atoms with Crippen molar-refractivity contribution < 1.29 is 17.9 Å². The maximum absolute atomic E-state index is 12.8. The average Bonchev–Trinajstić information content (AvgIpc) is 2.83. The summed E-state index contributed by atoms with van der Waals surface area (Å²) in [6, 6.07) is 15.2. The number of ether oxygens (including phenoxy) is 1. The molecule has 0 unspecified atom stereocenters. The van der Waals surface area contributed by atoms with Gasteiger partial charge < -0.3 is 10.1 Å². The van der Waals surface area contributed by atoms with Crippen LogP contribution in [0.1, 0.15) is 47.7 Å². The number of carbonyl (C=O) groups is 1. The monoisotopic (exact) mass is 465 g/mol. The van der Waals surface area contributed by atoms with Crippen LogP contribution in [0, 0.1) is 0 Å². The first-order chi connectivity index (χ1) is 15.9. The molecule has 8 heteroatoms. The number of aryl methyl sites for hydroxylation is 2. The van der Waals surface area contributed by atoms with Crippen LogP contribution in [0.4, 0.5) is 5.69 Å². The summed E-state index contributed by atoms with van der Waals surface area (Å²) in [5.74, 6) is 0.665. The zero-order valence-corrected chi connectivity index (χ0v) is 19.3. The van der Waals surface area contributed by atoms with Crippen molar-refractivity contribution in [2.45, 2.75) is 43.9 Å². The van der Waals surface area contributed by atoms with Crippen molar-refractivity contribution in [3.05, 3.63) is 77.5 Å². The first-order valence-corrected chi connectivity index (χ1v) is 12.6. The fourth-order valence-corrected chi connectivity index (χ4v) is 4.83. The van der Waals surface area contributed by atoms with Crippen LogP contribution in [0.15, 0.2) is 65.7 Å². The lowest BCUT2D eigenvalue weighted by Crippen LogP contribution is -2.23. The van der Waals surface area contributed by atoms with E-state index in [1.54, 1.807) is 48.5 Å². The summed E-state index contributed by atoms with van der Waals surface area (Å²) in [6.45, 7) is 2.60. The number of carbonyl (C=O) groups excluding carboxylic acids is 1. The van der Waals surface area contributed by atoms with Crippen LogP contribution in [0.2, 0.25) is 0 Å². The van der Waals surface area contributed by atoms with Gasteiger partial charge in [0.1, 0.15) is 5.75 Å². The van der Waals surface area contributed by atoms with E-state index in [9.17, 15) is 13.2 Å². The number of nitrogens with zero attached hydrogens (tertiary/aromatic N) is 1. The predicted molar refractivity (Wildman–Crippen MR) is 127 cm³/mol. The number of rotatable bonds is 8. The fraction of sp³-hybridized carbons (Fsp3) is 0.280. The van der Waals surface area contributed by atoms with Crippen molar-refractivity contribution in [2.75, 3.05) is 11.3 Å². The minimum atomic E-state index is -3.68. The van der Waals surface area contributed by atoms with E-state index in [0.29, 0.717) is 29.4 Å². The van der Waals surface area contributed by atoms with Crippen molar-refractivity contribution in [3.63, 3.8) is 0 Å². The van der Waals surface area contributed by atoms with Gasteiger partial charge in [-0.25, -0.2) is 13.4 Å². The number of fused-ring (bicyclic) bond motifs is 1. The molecule has 7 nitrogen and oxygen atoms in total. The van der Waals surface area contributed by atoms with Gasteiger partial charge in [-0.3, -0.25) is 9.52 Å². The smallest absolute Gasteiger partial charge is 0.261 e. The summed E-state index contributed by atoms with van der Waals surface area (Å²) in [5, 5.41) is 2.79. The number of nitrogens with one attached hydrogen (secondary N) is 2. The van der Waals surface area contributed by atoms with Gasteiger partial charge in [0.2, 0.25) is 5.88 Å². The van der Waals surface area contributed by atoms with Gasteiger partial charge in [-0.1, -0.05) is 13.0 Å². The Morgan fingerprint density at radius 2 is 1.76 bits per heavy atom. The van der Waals surface area contributed by atoms with E-state index in [4.69, 9.17) is 4.74 Å². The topological polar surface area (TPSA) is 97.4 Å². The molecule has 2 aromatic carbocycles. The van der Waals surface area contributed by atoms with Crippen LogP contribution in [0.25, 0.3) is 0 Å². The third kappa shape index (κ3) is 5.70. The van der Waals surface area contributed by atoms with E-state index < -0.39 is 10.0 Å². The lowest BCUT2D eigenvalue weighted by molar-refractivity contribution is 0.0953. The lowest BCUT2D eigenvalue weighted by atomic mass is 9.92. The molecule has 3 aromatic rings. The van der Waals surface area contributed by atoms with E-state index >= 15 is 0 Å². The van der Waals surface area contributed by atoms with Crippen LogP contribution in [0.3, 0.4) is 0 Å². The van der Waals surface area contributed by atoms with Gasteiger partial charge in [-0.2, -0.15) is 0 Å². The Hall–Kier alpha value is -3.39. The molecular formula is C25H27N3O4S.